The molecular weight excluding hydrogens is 480 g/mol. The zero-order chi connectivity index (χ0) is 27.1. The summed E-state index contributed by atoms with van der Waals surface area (Å²) in [6, 6.07) is 6.20. The highest BCUT2D eigenvalue weighted by molar-refractivity contribution is 6.02. The number of aromatic nitrogens is 2. The fourth-order valence-electron chi connectivity index (χ4n) is 4.71. The number of carbonyl (C=O) groups is 1. The molecule has 1 amide bonds. The van der Waals surface area contributed by atoms with Gasteiger partial charge in [0, 0.05) is 49.7 Å². The maximum atomic E-state index is 13.1. The molecule has 1 aliphatic rings. The quantitative estimate of drug-likeness (QED) is 0.262. The molecule has 0 aliphatic carbocycles. The first-order valence-electron chi connectivity index (χ1n) is 14.1. The van der Waals surface area contributed by atoms with Crippen LogP contribution in [0.4, 0.5) is 0 Å². The fraction of sp³-hybridized carbons (Fsp3) is 0.533. The maximum Gasteiger partial charge on any atom is 0.274 e. The van der Waals surface area contributed by atoms with Gasteiger partial charge in [0.25, 0.3) is 5.91 Å². The van der Waals surface area contributed by atoms with Gasteiger partial charge in [0.15, 0.2) is 11.5 Å². The number of unbranched alkanes of at least 4 members (excludes halogenated alkanes) is 2. The number of hydrogen-bond donors (Lipinski definition) is 2. The number of benzene rings is 1. The molecule has 3 heterocycles. The molecule has 0 spiro atoms. The van der Waals surface area contributed by atoms with Crippen molar-refractivity contribution in [3.8, 4) is 33.9 Å². The standard InChI is InChI=1S/C30H42N4O4/c1-6-9-13-36-25-17-26(37-14-10-7-2)24(16-23(25)20(4)5)29-27(28(33-38-29)30(35)32-8-3)21-15-22-18-31-11-12-34(22)19-21/h15-17,19-20,31H,6-14,18H2,1-5H3,(H,32,35). The Labute approximate surface area is 226 Å². The van der Waals surface area contributed by atoms with E-state index in [1.807, 2.05) is 13.0 Å². The van der Waals surface area contributed by atoms with Crippen molar-refractivity contribution >= 4 is 5.91 Å². The van der Waals surface area contributed by atoms with Crippen molar-refractivity contribution in [1.82, 2.24) is 20.4 Å². The Hall–Kier alpha value is -3.26. The monoisotopic (exact) mass is 522 g/mol. The van der Waals surface area contributed by atoms with Crippen molar-refractivity contribution in [2.24, 2.45) is 0 Å². The van der Waals surface area contributed by atoms with Gasteiger partial charge < -0.3 is 29.2 Å². The number of amides is 1. The summed E-state index contributed by atoms with van der Waals surface area (Å²) in [5.74, 6) is 2.02. The Balaban J connectivity index is 1.89. The van der Waals surface area contributed by atoms with Crippen LogP contribution in [-0.2, 0) is 13.1 Å². The Morgan fingerprint density at radius 2 is 1.84 bits per heavy atom. The van der Waals surface area contributed by atoms with E-state index in [1.165, 1.54) is 5.69 Å². The first-order chi connectivity index (χ1) is 18.5. The van der Waals surface area contributed by atoms with E-state index in [9.17, 15) is 4.79 Å². The van der Waals surface area contributed by atoms with Gasteiger partial charge >= 0.3 is 0 Å². The van der Waals surface area contributed by atoms with Crippen LogP contribution in [0.2, 0.25) is 0 Å². The summed E-state index contributed by atoms with van der Waals surface area (Å²) in [6.45, 7) is 14.8. The van der Waals surface area contributed by atoms with Gasteiger partial charge in [-0.1, -0.05) is 45.7 Å². The average Bonchev–Trinajstić information content (AvgIpc) is 3.53. The van der Waals surface area contributed by atoms with E-state index in [0.29, 0.717) is 36.8 Å². The molecule has 0 unspecified atom stereocenters. The molecule has 0 saturated carbocycles. The van der Waals surface area contributed by atoms with Crippen molar-refractivity contribution in [3.63, 3.8) is 0 Å². The molecule has 1 aliphatic heterocycles. The second-order valence-corrected chi connectivity index (χ2v) is 10.1. The molecule has 8 heteroatoms. The third-order valence-electron chi connectivity index (χ3n) is 6.84. The number of nitrogens with one attached hydrogen (secondary N) is 2. The molecule has 0 saturated heterocycles. The van der Waals surface area contributed by atoms with Gasteiger partial charge in [0.05, 0.1) is 24.3 Å². The second-order valence-electron chi connectivity index (χ2n) is 10.1. The molecular formula is C30H42N4O4. The Kier molecular flexibility index (Phi) is 9.50. The Morgan fingerprint density at radius 1 is 1.11 bits per heavy atom. The summed E-state index contributed by atoms with van der Waals surface area (Å²) in [7, 11) is 0. The minimum atomic E-state index is -0.253. The van der Waals surface area contributed by atoms with Gasteiger partial charge in [-0.15, -0.1) is 0 Å². The topological polar surface area (TPSA) is 90.6 Å². The van der Waals surface area contributed by atoms with E-state index < -0.39 is 0 Å². The van der Waals surface area contributed by atoms with Gasteiger partial charge in [0.1, 0.15) is 11.5 Å². The lowest BCUT2D eigenvalue weighted by molar-refractivity contribution is 0.0947. The van der Waals surface area contributed by atoms with Crippen molar-refractivity contribution < 1.29 is 18.8 Å². The summed E-state index contributed by atoms with van der Waals surface area (Å²) in [4.78, 5) is 13.1. The van der Waals surface area contributed by atoms with E-state index in [2.05, 4.69) is 66.4 Å². The van der Waals surface area contributed by atoms with Crippen LogP contribution in [0.15, 0.2) is 28.9 Å². The summed E-state index contributed by atoms with van der Waals surface area (Å²) in [6.07, 6.45) is 6.11. The molecule has 0 fully saturated rings. The average molecular weight is 523 g/mol. The van der Waals surface area contributed by atoms with Crippen LogP contribution in [-0.4, -0.2) is 41.9 Å². The fourth-order valence-corrected chi connectivity index (χ4v) is 4.71. The first kappa shape index (κ1) is 27.8. The van der Waals surface area contributed by atoms with Crippen LogP contribution in [0.5, 0.6) is 11.5 Å². The number of hydrogen-bond acceptors (Lipinski definition) is 6. The minimum absolute atomic E-state index is 0.220. The molecule has 1 aromatic carbocycles. The predicted octanol–water partition coefficient (Wildman–Crippen LogP) is 6.14. The molecule has 0 bridgehead atoms. The van der Waals surface area contributed by atoms with Crippen molar-refractivity contribution in [3.05, 3.63) is 41.3 Å². The van der Waals surface area contributed by atoms with Crippen LogP contribution in [0.25, 0.3) is 22.5 Å². The van der Waals surface area contributed by atoms with Crippen LogP contribution in [0, 0.1) is 0 Å². The van der Waals surface area contributed by atoms with E-state index in [-0.39, 0.29) is 17.5 Å². The zero-order valence-electron chi connectivity index (χ0n) is 23.5. The summed E-state index contributed by atoms with van der Waals surface area (Å²) >= 11 is 0. The highest BCUT2D eigenvalue weighted by atomic mass is 16.5. The normalized spacial score (nSPS) is 13.0. The molecule has 2 N–H and O–H groups in total. The summed E-state index contributed by atoms with van der Waals surface area (Å²) in [5.41, 5.74) is 4.91. The van der Waals surface area contributed by atoms with Crippen LogP contribution >= 0.6 is 0 Å². The molecule has 0 atom stereocenters. The molecule has 8 nitrogen and oxygen atoms in total. The minimum Gasteiger partial charge on any atom is -0.493 e. The van der Waals surface area contributed by atoms with Crippen molar-refractivity contribution in [1.29, 1.82) is 0 Å². The van der Waals surface area contributed by atoms with Crippen molar-refractivity contribution in [2.45, 2.75) is 79.3 Å². The largest absolute Gasteiger partial charge is 0.493 e. The third-order valence-corrected chi connectivity index (χ3v) is 6.84. The SMILES string of the molecule is CCCCOc1cc(OCCCC)c(C(C)C)cc1-c1onc(C(=O)NCC)c1-c1cc2n(c1)CCNC2. The number of nitrogens with zero attached hydrogens (tertiary/aromatic N) is 2. The van der Waals surface area contributed by atoms with Gasteiger partial charge in [-0.25, -0.2) is 0 Å². The van der Waals surface area contributed by atoms with Crippen molar-refractivity contribution in [2.75, 3.05) is 26.3 Å². The molecule has 0 radical (unpaired) electrons. The lowest BCUT2D eigenvalue weighted by Gasteiger charge is -2.19. The number of rotatable bonds is 13. The lowest BCUT2D eigenvalue weighted by atomic mass is 9.94. The van der Waals surface area contributed by atoms with Crippen LogP contribution in [0.1, 0.15) is 88.0 Å². The van der Waals surface area contributed by atoms with E-state index in [0.717, 1.165) is 67.8 Å². The molecule has 2 aromatic heterocycles. The highest BCUT2D eigenvalue weighted by Crippen LogP contribution is 2.44. The molecule has 3 aromatic rings. The van der Waals surface area contributed by atoms with Crippen LogP contribution < -0.4 is 20.1 Å². The zero-order valence-corrected chi connectivity index (χ0v) is 23.5. The van der Waals surface area contributed by atoms with E-state index in [1.54, 1.807) is 0 Å². The maximum absolute atomic E-state index is 13.1. The third kappa shape index (κ3) is 6.07. The highest BCUT2D eigenvalue weighted by Gasteiger charge is 2.29. The van der Waals surface area contributed by atoms with Crippen LogP contribution in [0.3, 0.4) is 0 Å². The Morgan fingerprint density at radius 3 is 2.50 bits per heavy atom. The summed E-state index contributed by atoms with van der Waals surface area (Å²) in [5, 5.41) is 10.6. The first-order valence-corrected chi connectivity index (χ1v) is 14.1. The molecule has 38 heavy (non-hydrogen) atoms. The number of carbonyl (C=O) groups excluding carboxylic acids is 1. The van der Waals surface area contributed by atoms with Gasteiger partial charge in [-0.2, -0.15) is 0 Å². The predicted molar refractivity (Wildman–Crippen MR) is 150 cm³/mol. The molecule has 206 valence electrons. The van der Waals surface area contributed by atoms with E-state index >= 15 is 0 Å². The second kappa shape index (κ2) is 13.0. The smallest absolute Gasteiger partial charge is 0.274 e. The van der Waals surface area contributed by atoms with E-state index in [4.69, 9.17) is 14.0 Å². The summed E-state index contributed by atoms with van der Waals surface area (Å²) < 4.78 is 20.8. The Bertz CT molecular complexity index is 1200. The molecule has 4 rings (SSSR count). The number of fused-ring (bicyclic) bond motifs is 1. The van der Waals surface area contributed by atoms with Gasteiger partial charge in [-0.3, -0.25) is 4.79 Å². The number of ether oxygens (including phenoxy) is 2. The van der Waals surface area contributed by atoms with Gasteiger partial charge in [-0.05, 0) is 43.4 Å². The lowest BCUT2D eigenvalue weighted by Crippen LogP contribution is -2.27. The van der Waals surface area contributed by atoms with Gasteiger partial charge in [0.2, 0.25) is 0 Å².